The van der Waals surface area contributed by atoms with E-state index < -0.39 is 5.60 Å². The monoisotopic (exact) mass is 213 g/mol. The Morgan fingerprint density at radius 3 is 2.60 bits per heavy atom. The third kappa shape index (κ3) is 4.98. The largest absolute Gasteiger partial charge is 0.390 e. The molecule has 1 aliphatic rings. The van der Waals surface area contributed by atoms with E-state index in [2.05, 4.69) is 11.8 Å². The molecule has 0 spiro atoms. The van der Waals surface area contributed by atoms with Gasteiger partial charge in [0.2, 0.25) is 0 Å². The number of likely N-dealkylation sites (tertiary alicyclic amines) is 1. The topological polar surface area (TPSA) is 23.5 Å². The standard InChI is InChI=1S/C13H27NO/c1-4-12-8-6-5-7-10-14(12)11-9-13(2,3)15/h12,15H,4-11H2,1-3H3. The fourth-order valence-electron chi connectivity index (χ4n) is 2.41. The van der Waals surface area contributed by atoms with Gasteiger partial charge < -0.3 is 10.0 Å². The van der Waals surface area contributed by atoms with Gasteiger partial charge in [0.15, 0.2) is 0 Å². The van der Waals surface area contributed by atoms with Crippen molar-refractivity contribution in [2.24, 2.45) is 0 Å². The van der Waals surface area contributed by atoms with Gasteiger partial charge in [0, 0.05) is 12.6 Å². The van der Waals surface area contributed by atoms with Crippen LogP contribution in [-0.2, 0) is 0 Å². The molecule has 0 aromatic carbocycles. The number of rotatable bonds is 4. The maximum absolute atomic E-state index is 9.75. The molecular weight excluding hydrogens is 186 g/mol. The Kier molecular flexibility index (Phi) is 5.07. The lowest BCUT2D eigenvalue weighted by atomic mass is 10.0. The quantitative estimate of drug-likeness (QED) is 0.776. The van der Waals surface area contributed by atoms with Crippen molar-refractivity contribution in [3.8, 4) is 0 Å². The fourth-order valence-corrected chi connectivity index (χ4v) is 2.41. The van der Waals surface area contributed by atoms with Gasteiger partial charge in [-0.2, -0.15) is 0 Å². The van der Waals surface area contributed by atoms with Gasteiger partial charge in [0.25, 0.3) is 0 Å². The number of aliphatic hydroxyl groups is 1. The summed E-state index contributed by atoms with van der Waals surface area (Å²) in [4.78, 5) is 2.59. The van der Waals surface area contributed by atoms with Crippen LogP contribution in [0.2, 0.25) is 0 Å². The summed E-state index contributed by atoms with van der Waals surface area (Å²) in [6.07, 6.45) is 7.60. The van der Waals surface area contributed by atoms with Crippen molar-refractivity contribution in [2.75, 3.05) is 13.1 Å². The van der Waals surface area contributed by atoms with E-state index in [0.29, 0.717) is 0 Å². The zero-order chi connectivity index (χ0) is 11.3. The smallest absolute Gasteiger partial charge is 0.0603 e. The van der Waals surface area contributed by atoms with Crippen molar-refractivity contribution in [3.63, 3.8) is 0 Å². The first-order valence-electron chi connectivity index (χ1n) is 6.49. The molecule has 0 aromatic heterocycles. The normalized spacial score (nSPS) is 25.2. The van der Waals surface area contributed by atoms with Crippen molar-refractivity contribution in [1.82, 2.24) is 4.90 Å². The first-order chi connectivity index (χ1) is 7.03. The summed E-state index contributed by atoms with van der Waals surface area (Å²) < 4.78 is 0. The molecule has 0 aliphatic carbocycles. The average Bonchev–Trinajstić information content (AvgIpc) is 2.37. The van der Waals surface area contributed by atoms with Crippen LogP contribution in [0, 0.1) is 0 Å². The average molecular weight is 213 g/mol. The van der Waals surface area contributed by atoms with Crippen LogP contribution in [-0.4, -0.2) is 34.7 Å². The van der Waals surface area contributed by atoms with Crippen molar-refractivity contribution < 1.29 is 5.11 Å². The van der Waals surface area contributed by atoms with E-state index in [4.69, 9.17) is 0 Å². The third-order valence-electron chi connectivity index (χ3n) is 3.48. The minimum absolute atomic E-state index is 0.509. The molecule has 15 heavy (non-hydrogen) atoms. The minimum Gasteiger partial charge on any atom is -0.390 e. The summed E-state index contributed by atoms with van der Waals surface area (Å²) in [5, 5.41) is 9.75. The minimum atomic E-state index is -0.509. The molecule has 1 saturated heterocycles. The predicted molar refractivity (Wildman–Crippen MR) is 65.0 cm³/mol. The molecule has 0 bridgehead atoms. The highest BCUT2D eigenvalue weighted by Crippen LogP contribution is 2.20. The van der Waals surface area contributed by atoms with Crippen molar-refractivity contribution in [2.45, 2.75) is 70.9 Å². The van der Waals surface area contributed by atoms with E-state index in [1.807, 2.05) is 13.8 Å². The predicted octanol–water partition coefficient (Wildman–Crippen LogP) is 2.80. The molecule has 1 rings (SSSR count). The zero-order valence-electron chi connectivity index (χ0n) is 10.6. The Balaban J connectivity index is 2.41. The second-order valence-electron chi connectivity index (χ2n) is 5.51. The van der Waals surface area contributed by atoms with Gasteiger partial charge in [-0.05, 0) is 46.1 Å². The Bertz CT molecular complexity index is 174. The van der Waals surface area contributed by atoms with E-state index in [-0.39, 0.29) is 0 Å². The molecule has 90 valence electrons. The van der Waals surface area contributed by atoms with Gasteiger partial charge in [0.05, 0.1) is 5.60 Å². The molecule has 2 heteroatoms. The summed E-state index contributed by atoms with van der Waals surface area (Å²) in [7, 11) is 0. The fraction of sp³-hybridized carbons (Fsp3) is 1.00. The van der Waals surface area contributed by atoms with Crippen LogP contribution >= 0.6 is 0 Å². The summed E-state index contributed by atoms with van der Waals surface area (Å²) in [5.74, 6) is 0. The van der Waals surface area contributed by atoms with Gasteiger partial charge in [-0.1, -0.05) is 19.8 Å². The van der Waals surface area contributed by atoms with Gasteiger partial charge in [-0.15, -0.1) is 0 Å². The van der Waals surface area contributed by atoms with Crippen LogP contribution in [0.3, 0.4) is 0 Å². The highest BCUT2D eigenvalue weighted by atomic mass is 16.3. The third-order valence-corrected chi connectivity index (χ3v) is 3.48. The summed E-state index contributed by atoms with van der Waals surface area (Å²) in [6, 6.07) is 0.759. The second-order valence-corrected chi connectivity index (χ2v) is 5.51. The lowest BCUT2D eigenvalue weighted by Crippen LogP contribution is -2.38. The van der Waals surface area contributed by atoms with Gasteiger partial charge in [-0.25, -0.2) is 0 Å². The number of hydrogen-bond donors (Lipinski definition) is 1. The van der Waals surface area contributed by atoms with Crippen molar-refractivity contribution in [3.05, 3.63) is 0 Å². The first kappa shape index (κ1) is 13.0. The molecule has 1 heterocycles. The molecule has 1 fully saturated rings. The highest BCUT2D eigenvalue weighted by Gasteiger charge is 2.21. The van der Waals surface area contributed by atoms with E-state index in [1.54, 1.807) is 0 Å². The molecular formula is C13H27NO. The van der Waals surface area contributed by atoms with E-state index in [1.165, 1.54) is 38.6 Å². The second kappa shape index (κ2) is 5.86. The summed E-state index contributed by atoms with van der Waals surface area (Å²) in [5.41, 5.74) is -0.509. The van der Waals surface area contributed by atoms with Crippen LogP contribution in [0.1, 0.15) is 59.3 Å². The number of hydrogen-bond acceptors (Lipinski definition) is 2. The van der Waals surface area contributed by atoms with E-state index in [9.17, 15) is 5.11 Å². The maximum atomic E-state index is 9.75. The molecule has 1 atom stereocenters. The van der Waals surface area contributed by atoms with Crippen LogP contribution in [0.5, 0.6) is 0 Å². The van der Waals surface area contributed by atoms with Crippen LogP contribution in [0.15, 0.2) is 0 Å². The molecule has 1 N–H and O–H groups in total. The van der Waals surface area contributed by atoms with E-state index >= 15 is 0 Å². The Labute approximate surface area is 94.7 Å². The molecule has 0 saturated carbocycles. The summed E-state index contributed by atoms with van der Waals surface area (Å²) in [6.45, 7) is 8.39. The number of nitrogens with zero attached hydrogens (tertiary/aromatic N) is 1. The summed E-state index contributed by atoms with van der Waals surface area (Å²) >= 11 is 0. The zero-order valence-corrected chi connectivity index (χ0v) is 10.6. The van der Waals surface area contributed by atoms with Crippen molar-refractivity contribution >= 4 is 0 Å². The molecule has 0 amide bonds. The first-order valence-corrected chi connectivity index (χ1v) is 6.49. The maximum Gasteiger partial charge on any atom is 0.0603 e. The molecule has 1 unspecified atom stereocenters. The molecule has 1 aliphatic heterocycles. The SMILES string of the molecule is CCC1CCCCCN1CCC(C)(C)O. The van der Waals surface area contributed by atoms with Gasteiger partial charge in [-0.3, -0.25) is 0 Å². The van der Waals surface area contributed by atoms with Gasteiger partial charge >= 0.3 is 0 Å². The van der Waals surface area contributed by atoms with E-state index in [0.717, 1.165) is 19.0 Å². The Morgan fingerprint density at radius 1 is 1.27 bits per heavy atom. The Morgan fingerprint density at radius 2 is 2.00 bits per heavy atom. The van der Waals surface area contributed by atoms with Crippen LogP contribution < -0.4 is 0 Å². The van der Waals surface area contributed by atoms with Gasteiger partial charge in [0.1, 0.15) is 0 Å². The van der Waals surface area contributed by atoms with Crippen LogP contribution in [0.25, 0.3) is 0 Å². The molecule has 0 aromatic rings. The molecule has 0 radical (unpaired) electrons. The lowest BCUT2D eigenvalue weighted by Gasteiger charge is -2.31. The molecule has 2 nitrogen and oxygen atoms in total. The van der Waals surface area contributed by atoms with Crippen molar-refractivity contribution in [1.29, 1.82) is 0 Å². The lowest BCUT2D eigenvalue weighted by molar-refractivity contribution is 0.0506. The highest BCUT2D eigenvalue weighted by molar-refractivity contribution is 4.77. The Hall–Kier alpha value is -0.0800. The van der Waals surface area contributed by atoms with Crippen LogP contribution in [0.4, 0.5) is 0 Å².